The van der Waals surface area contributed by atoms with Gasteiger partial charge in [-0.2, -0.15) is 0 Å². The van der Waals surface area contributed by atoms with Crippen molar-refractivity contribution in [3.63, 3.8) is 0 Å². The van der Waals surface area contributed by atoms with E-state index < -0.39 is 27.2 Å². The van der Waals surface area contributed by atoms with Crippen molar-refractivity contribution in [3.05, 3.63) is 28.8 Å². The maximum Gasteiger partial charge on any atom is 0.340 e. The third-order valence-corrected chi connectivity index (χ3v) is 5.70. The van der Waals surface area contributed by atoms with Crippen molar-refractivity contribution < 1.29 is 17.9 Å². The van der Waals surface area contributed by atoms with Gasteiger partial charge in [-0.15, -0.1) is 0 Å². The van der Waals surface area contributed by atoms with Crippen molar-refractivity contribution in [2.45, 2.75) is 37.0 Å². The lowest BCUT2D eigenvalue weighted by Crippen LogP contribution is -2.33. The molecule has 5 nitrogen and oxygen atoms in total. The fourth-order valence-electron chi connectivity index (χ4n) is 2.53. The van der Waals surface area contributed by atoms with Gasteiger partial charge in [0.2, 0.25) is 0 Å². The Hall–Kier alpha value is -1.27. The van der Waals surface area contributed by atoms with Crippen LogP contribution in [0.15, 0.2) is 18.2 Å². The second-order valence-electron chi connectivity index (χ2n) is 5.35. The second kappa shape index (κ2) is 6.23. The van der Waals surface area contributed by atoms with E-state index >= 15 is 0 Å². The zero-order valence-electron chi connectivity index (χ0n) is 11.7. The smallest absolute Gasteiger partial charge is 0.340 e. The standard InChI is InChI=1S/C14H18ClNO4S/c1-21(18,19)10-5-2-4-9(8-10)20-14(17)11-6-3-7-12(15)13(11)16/h3,6-7,9-10H,2,4-5,8,16H2,1H3. The monoisotopic (exact) mass is 331 g/mol. The number of nitrogen functional groups attached to an aromatic ring is 1. The summed E-state index contributed by atoms with van der Waals surface area (Å²) in [4.78, 5) is 12.1. The number of hydrogen-bond acceptors (Lipinski definition) is 5. The average Bonchev–Trinajstić information content (AvgIpc) is 2.41. The first kappa shape index (κ1) is 16.1. The van der Waals surface area contributed by atoms with Gasteiger partial charge in [-0.3, -0.25) is 0 Å². The van der Waals surface area contributed by atoms with Gasteiger partial charge < -0.3 is 10.5 Å². The molecule has 0 heterocycles. The number of sulfone groups is 1. The van der Waals surface area contributed by atoms with E-state index in [4.69, 9.17) is 22.1 Å². The van der Waals surface area contributed by atoms with Gasteiger partial charge in [-0.05, 0) is 31.4 Å². The number of carbonyl (C=O) groups excluding carboxylic acids is 1. The minimum absolute atomic E-state index is 0.180. The van der Waals surface area contributed by atoms with Crippen LogP contribution >= 0.6 is 11.6 Å². The molecule has 2 rings (SSSR count). The maximum atomic E-state index is 12.1. The molecule has 1 aliphatic carbocycles. The highest BCUT2D eigenvalue weighted by Crippen LogP contribution is 2.28. The highest BCUT2D eigenvalue weighted by Gasteiger charge is 2.31. The van der Waals surface area contributed by atoms with Crippen LogP contribution in [0.1, 0.15) is 36.0 Å². The van der Waals surface area contributed by atoms with E-state index in [-0.39, 0.29) is 11.3 Å². The average molecular weight is 332 g/mol. The second-order valence-corrected chi connectivity index (χ2v) is 8.08. The fourth-order valence-corrected chi connectivity index (χ4v) is 3.86. The number of rotatable bonds is 3. The predicted molar refractivity (Wildman–Crippen MR) is 82.2 cm³/mol. The summed E-state index contributed by atoms with van der Waals surface area (Å²) in [5, 5.41) is -0.150. The van der Waals surface area contributed by atoms with Crippen LogP contribution in [-0.4, -0.2) is 32.0 Å². The van der Waals surface area contributed by atoms with E-state index in [1.165, 1.54) is 6.26 Å². The summed E-state index contributed by atoms with van der Waals surface area (Å²) in [7, 11) is -3.11. The summed E-state index contributed by atoms with van der Waals surface area (Å²) < 4.78 is 28.6. The van der Waals surface area contributed by atoms with Crippen molar-refractivity contribution in [2.75, 3.05) is 12.0 Å². The number of benzene rings is 1. The van der Waals surface area contributed by atoms with E-state index in [9.17, 15) is 13.2 Å². The van der Waals surface area contributed by atoms with Crippen LogP contribution < -0.4 is 5.73 Å². The lowest BCUT2D eigenvalue weighted by molar-refractivity contribution is 0.0216. The van der Waals surface area contributed by atoms with Gasteiger partial charge in [-0.1, -0.05) is 17.7 Å². The predicted octanol–water partition coefficient (Wildman–Crippen LogP) is 2.43. The van der Waals surface area contributed by atoms with E-state index in [0.29, 0.717) is 24.3 Å². The number of ether oxygens (including phenoxy) is 1. The zero-order chi connectivity index (χ0) is 15.6. The first-order chi connectivity index (χ1) is 9.79. The number of para-hydroxylation sites is 1. The summed E-state index contributed by atoms with van der Waals surface area (Å²) >= 11 is 5.87. The van der Waals surface area contributed by atoms with E-state index in [1.54, 1.807) is 18.2 Å². The first-order valence-corrected chi connectivity index (χ1v) is 9.06. The lowest BCUT2D eigenvalue weighted by atomic mass is 9.97. The van der Waals surface area contributed by atoms with Crippen molar-refractivity contribution >= 4 is 33.1 Å². The van der Waals surface area contributed by atoms with Gasteiger partial charge in [0.25, 0.3) is 0 Å². The Balaban J connectivity index is 2.08. The molecular formula is C14H18ClNO4S. The van der Waals surface area contributed by atoms with Crippen LogP contribution in [0, 0.1) is 0 Å². The quantitative estimate of drug-likeness (QED) is 0.679. The first-order valence-electron chi connectivity index (χ1n) is 6.73. The lowest BCUT2D eigenvalue weighted by Gasteiger charge is -2.27. The Labute approximate surface area is 129 Å². The van der Waals surface area contributed by atoms with Crippen molar-refractivity contribution in [2.24, 2.45) is 0 Å². The molecule has 0 amide bonds. The molecule has 1 aliphatic rings. The van der Waals surface area contributed by atoms with Gasteiger partial charge in [-0.25, -0.2) is 13.2 Å². The normalized spacial score (nSPS) is 22.8. The van der Waals surface area contributed by atoms with E-state index in [0.717, 1.165) is 6.42 Å². The van der Waals surface area contributed by atoms with Crippen LogP contribution in [0.25, 0.3) is 0 Å². The third-order valence-electron chi connectivity index (χ3n) is 3.73. The molecule has 2 unspecified atom stereocenters. The third kappa shape index (κ3) is 3.89. The van der Waals surface area contributed by atoms with E-state index in [2.05, 4.69) is 0 Å². The Morgan fingerprint density at radius 2 is 2.10 bits per heavy atom. The number of anilines is 1. The summed E-state index contributed by atoms with van der Waals surface area (Å²) in [5.74, 6) is -0.561. The van der Waals surface area contributed by atoms with Crippen LogP contribution in [0.3, 0.4) is 0 Å². The topological polar surface area (TPSA) is 86.5 Å². The molecule has 0 aliphatic heterocycles. The van der Waals surface area contributed by atoms with Crippen LogP contribution in [-0.2, 0) is 14.6 Å². The molecule has 0 aromatic heterocycles. The van der Waals surface area contributed by atoms with Gasteiger partial charge in [0.1, 0.15) is 15.9 Å². The molecule has 1 aromatic carbocycles. The Morgan fingerprint density at radius 1 is 1.38 bits per heavy atom. The van der Waals surface area contributed by atoms with Gasteiger partial charge in [0.05, 0.1) is 21.5 Å². The molecule has 0 spiro atoms. The van der Waals surface area contributed by atoms with E-state index in [1.807, 2.05) is 0 Å². The molecule has 21 heavy (non-hydrogen) atoms. The number of esters is 1. The highest BCUT2D eigenvalue weighted by molar-refractivity contribution is 7.91. The van der Waals surface area contributed by atoms with Crippen molar-refractivity contribution in [1.82, 2.24) is 0 Å². The number of halogens is 1. The van der Waals surface area contributed by atoms with Gasteiger partial charge in [0, 0.05) is 12.7 Å². The maximum absolute atomic E-state index is 12.1. The summed E-state index contributed by atoms with van der Waals surface area (Å²) in [6.45, 7) is 0. The molecule has 7 heteroatoms. The molecule has 1 saturated carbocycles. The number of hydrogen-bond donors (Lipinski definition) is 1. The minimum Gasteiger partial charge on any atom is -0.459 e. The molecule has 0 bridgehead atoms. The van der Waals surface area contributed by atoms with Gasteiger partial charge >= 0.3 is 5.97 Å². The SMILES string of the molecule is CS(=O)(=O)C1CCCC(OC(=O)c2cccc(Cl)c2N)C1. The molecule has 0 saturated heterocycles. The summed E-state index contributed by atoms with van der Waals surface area (Å²) in [6.07, 6.45) is 3.16. The van der Waals surface area contributed by atoms with Gasteiger partial charge in [0.15, 0.2) is 0 Å². The van der Waals surface area contributed by atoms with Crippen LogP contribution in [0.5, 0.6) is 0 Å². The highest BCUT2D eigenvalue weighted by atomic mass is 35.5. The molecular weight excluding hydrogens is 314 g/mol. The van der Waals surface area contributed by atoms with Crippen LogP contribution in [0.2, 0.25) is 5.02 Å². The molecule has 1 fully saturated rings. The Bertz CT molecular complexity index is 644. The fraction of sp³-hybridized carbons (Fsp3) is 0.500. The minimum atomic E-state index is -3.11. The van der Waals surface area contributed by atoms with Crippen LogP contribution in [0.4, 0.5) is 5.69 Å². The number of carbonyl (C=O) groups is 1. The summed E-state index contributed by atoms with van der Waals surface area (Å²) in [6, 6.07) is 4.75. The molecule has 2 atom stereocenters. The van der Waals surface area contributed by atoms with Crippen molar-refractivity contribution in [1.29, 1.82) is 0 Å². The Morgan fingerprint density at radius 3 is 2.76 bits per heavy atom. The Kier molecular flexibility index (Phi) is 4.78. The molecule has 2 N–H and O–H groups in total. The molecule has 0 radical (unpaired) electrons. The summed E-state index contributed by atoms with van der Waals surface area (Å²) in [5.41, 5.74) is 6.15. The largest absolute Gasteiger partial charge is 0.459 e. The molecule has 116 valence electrons. The zero-order valence-corrected chi connectivity index (χ0v) is 13.3. The number of nitrogens with two attached hydrogens (primary N) is 1. The molecule has 1 aromatic rings. The van der Waals surface area contributed by atoms with Crippen molar-refractivity contribution in [3.8, 4) is 0 Å².